The zero-order chi connectivity index (χ0) is 11.4. The quantitative estimate of drug-likeness (QED) is 0.812. The molecule has 0 saturated heterocycles. The van der Waals surface area contributed by atoms with Crippen LogP contribution in [-0.4, -0.2) is 23.8 Å². The third-order valence-electron chi connectivity index (χ3n) is 3.38. The van der Waals surface area contributed by atoms with Crippen LogP contribution in [0.25, 0.3) is 0 Å². The Labute approximate surface area is 97.7 Å². The van der Waals surface area contributed by atoms with Crippen LogP contribution in [0, 0.1) is 6.92 Å². The van der Waals surface area contributed by atoms with Crippen LogP contribution in [0.2, 0.25) is 0 Å². The third-order valence-corrected chi connectivity index (χ3v) is 3.38. The van der Waals surface area contributed by atoms with Gasteiger partial charge < -0.3 is 10.4 Å². The van der Waals surface area contributed by atoms with E-state index >= 15 is 0 Å². The lowest BCUT2D eigenvalue weighted by molar-refractivity contribution is 0.149. The molecule has 1 saturated carbocycles. The molecule has 0 aliphatic heterocycles. The fraction of sp³-hybridized carbons (Fsp3) is 0.571. The first-order valence-electron chi connectivity index (χ1n) is 6.23. The predicted molar refractivity (Wildman–Crippen MR) is 66.5 cm³/mol. The smallest absolute Gasteiger partial charge is 0.0693 e. The number of nitrogens with one attached hydrogen (secondary N) is 1. The lowest BCUT2D eigenvalue weighted by Gasteiger charge is -2.16. The van der Waals surface area contributed by atoms with Gasteiger partial charge in [-0.25, -0.2) is 0 Å². The highest BCUT2D eigenvalue weighted by Gasteiger charge is 2.23. The summed E-state index contributed by atoms with van der Waals surface area (Å²) in [6, 6.07) is 8.95. The highest BCUT2D eigenvalue weighted by atomic mass is 16.3. The van der Waals surface area contributed by atoms with E-state index < -0.39 is 0 Å². The minimum absolute atomic E-state index is 0.127. The van der Waals surface area contributed by atoms with Crippen LogP contribution in [0.3, 0.4) is 0 Å². The van der Waals surface area contributed by atoms with Gasteiger partial charge in [0.2, 0.25) is 0 Å². The van der Waals surface area contributed by atoms with E-state index in [4.69, 9.17) is 0 Å². The molecule has 0 spiro atoms. The molecular weight excluding hydrogens is 198 g/mol. The van der Waals surface area contributed by atoms with E-state index in [0.717, 1.165) is 32.2 Å². The molecule has 2 nitrogen and oxygen atoms in total. The summed E-state index contributed by atoms with van der Waals surface area (Å²) >= 11 is 0. The highest BCUT2D eigenvalue weighted by Crippen LogP contribution is 2.18. The van der Waals surface area contributed by atoms with Crippen molar-refractivity contribution in [1.29, 1.82) is 0 Å². The van der Waals surface area contributed by atoms with Crippen LogP contribution in [0.15, 0.2) is 24.3 Å². The average Bonchev–Trinajstić information content (AvgIpc) is 2.65. The zero-order valence-corrected chi connectivity index (χ0v) is 9.95. The van der Waals surface area contributed by atoms with Gasteiger partial charge in [0.25, 0.3) is 0 Å². The molecule has 2 atom stereocenters. The number of rotatable bonds is 4. The molecule has 2 heteroatoms. The molecule has 0 bridgehead atoms. The Balaban J connectivity index is 1.75. The molecule has 1 aliphatic rings. The topological polar surface area (TPSA) is 32.3 Å². The summed E-state index contributed by atoms with van der Waals surface area (Å²) in [5.41, 5.74) is 2.69. The largest absolute Gasteiger partial charge is 0.392 e. The monoisotopic (exact) mass is 219 g/mol. The second-order valence-corrected chi connectivity index (χ2v) is 4.80. The van der Waals surface area contributed by atoms with Gasteiger partial charge in [0, 0.05) is 6.04 Å². The van der Waals surface area contributed by atoms with Crippen LogP contribution in [0.1, 0.15) is 30.4 Å². The summed E-state index contributed by atoms with van der Waals surface area (Å²) in [5, 5.41) is 13.1. The van der Waals surface area contributed by atoms with Crippen molar-refractivity contribution in [2.75, 3.05) is 6.54 Å². The molecule has 88 valence electrons. The maximum Gasteiger partial charge on any atom is 0.0693 e. The van der Waals surface area contributed by atoms with Gasteiger partial charge in [-0.05, 0) is 44.7 Å². The summed E-state index contributed by atoms with van der Waals surface area (Å²) in [7, 11) is 0. The molecule has 0 amide bonds. The van der Waals surface area contributed by atoms with E-state index in [1.54, 1.807) is 0 Å². The molecule has 1 fully saturated rings. The van der Waals surface area contributed by atoms with Crippen LogP contribution in [0.5, 0.6) is 0 Å². The maximum absolute atomic E-state index is 9.67. The van der Waals surface area contributed by atoms with Gasteiger partial charge in [-0.15, -0.1) is 0 Å². The zero-order valence-electron chi connectivity index (χ0n) is 9.95. The van der Waals surface area contributed by atoms with Crippen molar-refractivity contribution < 1.29 is 5.11 Å². The number of aliphatic hydroxyl groups is 1. The Kier molecular flexibility index (Phi) is 3.97. The van der Waals surface area contributed by atoms with Crippen LogP contribution in [-0.2, 0) is 6.42 Å². The molecule has 0 aromatic heterocycles. The van der Waals surface area contributed by atoms with Gasteiger partial charge in [-0.1, -0.05) is 29.8 Å². The van der Waals surface area contributed by atoms with Crippen molar-refractivity contribution >= 4 is 0 Å². The van der Waals surface area contributed by atoms with Crippen LogP contribution < -0.4 is 5.32 Å². The van der Waals surface area contributed by atoms with E-state index in [2.05, 4.69) is 36.5 Å². The van der Waals surface area contributed by atoms with Gasteiger partial charge in [-0.3, -0.25) is 0 Å². The molecule has 2 unspecified atom stereocenters. The first-order chi connectivity index (χ1) is 7.75. The standard InChI is InChI=1S/C14H21NO/c1-11-4-2-5-12(10-11)8-9-15-13-6-3-7-14(13)16/h2,4-5,10,13-16H,3,6-9H2,1H3. The Bertz CT molecular complexity index is 337. The summed E-state index contributed by atoms with van der Waals surface area (Å²) in [4.78, 5) is 0. The molecule has 2 N–H and O–H groups in total. The SMILES string of the molecule is Cc1cccc(CCNC2CCCC2O)c1. The first kappa shape index (κ1) is 11.6. The van der Waals surface area contributed by atoms with Gasteiger partial charge in [0.1, 0.15) is 0 Å². The van der Waals surface area contributed by atoms with Crippen molar-refractivity contribution in [2.24, 2.45) is 0 Å². The summed E-state index contributed by atoms with van der Waals surface area (Å²) in [6.45, 7) is 3.09. The average molecular weight is 219 g/mol. The lowest BCUT2D eigenvalue weighted by atomic mass is 10.1. The van der Waals surface area contributed by atoms with Gasteiger partial charge in [0.15, 0.2) is 0 Å². The molecular formula is C14H21NO. The van der Waals surface area contributed by atoms with Gasteiger partial charge in [-0.2, -0.15) is 0 Å². The molecule has 2 rings (SSSR count). The second-order valence-electron chi connectivity index (χ2n) is 4.80. The molecule has 0 heterocycles. The first-order valence-corrected chi connectivity index (χ1v) is 6.23. The minimum atomic E-state index is -0.127. The van der Waals surface area contributed by atoms with Gasteiger partial charge in [0.05, 0.1) is 6.10 Å². The fourth-order valence-electron chi connectivity index (χ4n) is 2.45. The van der Waals surface area contributed by atoms with Crippen molar-refractivity contribution in [3.05, 3.63) is 35.4 Å². The van der Waals surface area contributed by atoms with E-state index in [9.17, 15) is 5.11 Å². The number of hydrogen-bond acceptors (Lipinski definition) is 2. The summed E-state index contributed by atoms with van der Waals surface area (Å²) in [5.74, 6) is 0. The number of hydrogen-bond donors (Lipinski definition) is 2. The molecule has 1 aliphatic carbocycles. The Morgan fingerprint density at radius 2 is 2.25 bits per heavy atom. The van der Waals surface area contributed by atoms with E-state index in [1.165, 1.54) is 11.1 Å². The Morgan fingerprint density at radius 3 is 2.94 bits per heavy atom. The molecule has 1 aromatic rings. The number of aryl methyl sites for hydroxylation is 1. The molecule has 0 radical (unpaired) electrons. The Hall–Kier alpha value is -0.860. The third kappa shape index (κ3) is 3.06. The van der Waals surface area contributed by atoms with Crippen molar-refractivity contribution in [3.8, 4) is 0 Å². The minimum Gasteiger partial charge on any atom is -0.392 e. The molecule has 1 aromatic carbocycles. The van der Waals surface area contributed by atoms with E-state index in [-0.39, 0.29) is 6.10 Å². The van der Waals surface area contributed by atoms with Crippen molar-refractivity contribution in [2.45, 2.75) is 44.8 Å². The number of aliphatic hydroxyl groups excluding tert-OH is 1. The van der Waals surface area contributed by atoms with Gasteiger partial charge >= 0.3 is 0 Å². The van der Waals surface area contributed by atoms with Crippen molar-refractivity contribution in [1.82, 2.24) is 5.32 Å². The second kappa shape index (κ2) is 5.46. The van der Waals surface area contributed by atoms with E-state index in [1.807, 2.05) is 0 Å². The van der Waals surface area contributed by atoms with Crippen LogP contribution >= 0.6 is 0 Å². The maximum atomic E-state index is 9.67. The molecule has 16 heavy (non-hydrogen) atoms. The predicted octanol–water partition coefficient (Wildman–Crippen LogP) is 2.04. The fourth-order valence-corrected chi connectivity index (χ4v) is 2.45. The highest BCUT2D eigenvalue weighted by molar-refractivity contribution is 5.22. The lowest BCUT2D eigenvalue weighted by Crippen LogP contribution is -2.36. The van der Waals surface area contributed by atoms with E-state index in [0.29, 0.717) is 6.04 Å². The summed E-state index contributed by atoms with van der Waals surface area (Å²) < 4.78 is 0. The van der Waals surface area contributed by atoms with Crippen molar-refractivity contribution in [3.63, 3.8) is 0 Å². The number of benzene rings is 1. The Morgan fingerprint density at radius 1 is 1.38 bits per heavy atom. The summed E-state index contributed by atoms with van der Waals surface area (Å²) in [6.07, 6.45) is 4.16. The van der Waals surface area contributed by atoms with Crippen LogP contribution in [0.4, 0.5) is 0 Å². The normalized spacial score (nSPS) is 24.9.